The number of halogens is 1. The third-order valence-corrected chi connectivity index (χ3v) is 5.48. The second kappa shape index (κ2) is 8.17. The zero-order valence-corrected chi connectivity index (χ0v) is 15.5. The summed E-state index contributed by atoms with van der Waals surface area (Å²) in [6, 6.07) is 25.3. The molecule has 3 N–H and O–H groups in total. The first-order valence-corrected chi connectivity index (χ1v) is 10.2. The van der Waals surface area contributed by atoms with E-state index in [-0.39, 0.29) is 6.04 Å². The maximum absolute atomic E-state index is 12.2. The molecule has 0 spiro atoms. The maximum Gasteiger partial charge on any atom is 0.346 e. The van der Waals surface area contributed by atoms with Gasteiger partial charge in [0.15, 0.2) is 0 Å². The number of nitrogens with one attached hydrogen (secondary N) is 1. The number of hydrogen-bond acceptors (Lipinski definition) is 2. The third-order valence-electron chi connectivity index (χ3n) is 4.11. The van der Waals surface area contributed by atoms with Gasteiger partial charge in [0, 0.05) is 5.02 Å². The highest BCUT2D eigenvalue weighted by atomic mass is 35.5. The van der Waals surface area contributed by atoms with Crippen LogP contribution in [0.5, 0.6) is 0 Å². The molecule has 26 heavy (non-hydrogen) atoms. The zero-order chi connectivity index (χ0) is 18.6. The molecule has 6 heteroatoms. The van der Waals surface area contributed by atoms with Crippen molar-refractivity contribution in [3.63, 3.8) is 0 Å². The Labute approximate surface area is 157 Å². The molecular weight excluding hydrogens is 369 g/mol. The van der Waals surface area contributed by atoms with Crippen molar-refractivity contribution in [2.24, 2.45) is 0 Å². The van der Waals surface area contributed by atoms with Gasteiger partial charge in [-0.15, -0.1) is 0 Å². The normalized spacial score (nSPS) is 12.9. The summed E-state index contributed by atoms with van der Waals surface area (Å²) in [7, 11) is -4.46. The zero-order valence-electron chi connectivity index (χ0n) is 13.9. The van der Waals surface area contributed by atoms with Crippen LogP contribution >= 0.6 is 19.2 Å². The van der Waals surface area contributed by atoms with E-state index in [4.69, 9.17) is 11.6 Å². The van der Waals surface area contributed by atoms with Crippen molar-refractivity contribution in [2.45, 2.75) is 11.8 Å². The van der Waals surface area contributed by atoms with Crippen molar-refractivity contribution in [2.75, 3.05) is 0 Å². The van der Waals surface area contributed by atoms with Crippen LogP contribution in [0.3, 0.4) is 0 Å². The predicted octanol–water partition coefficient (Wildman–Crippen LogP) is 4.90. The van der Waals surface area contributed by atoms with Gasteiger partial charge in [0.25, 0.3) is 0 Å². The van der Waals surface area contributed by atoms with E-state index >= 15 is 0 Å². The number of rotatable bonds is 6. The first kappa shape index (κ1) is 18.8. The fraction of sp³-hybridized carbons (Fsp3) is 0.100. The molecule has 0 heterocycles. The van der Waals surface area contributed by atoms with Gasteiger partial charge in [0.2, 0.25) is 0 Å². The highest BCUT2D eigenvalue weighted by molar-refractivity contribution is 7.52. The van der Waals surface area contributed by atoms with Crippen LogP contribution in [0, 0.1) is 0 Å². The van der Waals surface area contributed by atoms with E-state index in [9.17, 15) is 14.4 Å². The van der Waals surface area contributed by atoms with E-state index in [0.717, 1.165) is 11.1 Å². The van der Waals surface area contributed by atoms with E-state index in [2.05, 4.69) is 5.32 Å². The van der Waals surface area contributed by atoms with Gasteiger partial charge >= 0.3 is 7.60 Å². The molecule has 4 nitrogen and oxygen atoms in total. The molecule has 0 saturated carbocycles. The monoisotopic (exact) mass is 387 g/mol. The molecule has 3 aromatic rings. The summed E-state index contributed by atoms with van der Waals surface area (Å²) >= 11 is 5.91. The van der Waals surface area contributed by atoms with Crippen LogP contribution < -0.4 is 5.32 Å². The lowest BCUT2D eigenvalue weighted by molar-refractivity contribution is 0.343. The third kappa shape index (κ3) is 4.61. The standard InChI is InChI=1S/C20H19ClNO3P/c21-18-13-11-17(12-14-18)20(26(23,24)25)22-19(15-7-3-1-4-8-15)16-9-5-2-6-10-16/h1-14,19-20,22H,(H2,23,24,25)/t20-/m1/s1. The Kier molecular flexibility index (Phi) is 5.92. The Morgan fingerprint density at radius 3 is 1.62 bits per heavy atom. The molecule has 134 valence electrons. The van der Waals surface area contributed by atoms with Gasteiger partial charge in [-0.25, -0.2) is 0 Å². The van der Waals surface area contributed by atoms with Gasteiger partial charge < -0.3 is 9.79 Å². The van der Waals surface area contributed by atoms with Crippen molar-refractivity contribution in [3.05, 3.63) is 107 Å². The Balaban J connectivity index is 2.02. The van der Waals surface area contributed by atoms with Gasteiger partial charge in [0.05, 0.1) is 6.04 Å². The van der Waals surface area contributed by atoms with Crippen molar-refractivity contribution in [3.8, 4) is 0 Å². The van der Waals surface area contributed by atoms with E-state index in [1.54, 1.807) is 24.3 Å². The Hall–Kier alpha value is -1.94. The summed E-state index contributed by atoms with van der Waals surface area (Å²) in [5.41, 5.74) is 2.33. The minimum atomic E-state index is -4.46. The van der Waals surface area contributed by atoms with Crippen LogP contribution in [0.1, 0.15) is 28.5 Å². The lowest BCUT2D eigenvalue weighted by Gasteiger charge is -2.27. The van der Waals surface area contributed by atoms with Crippen molar-refractivity contribution < 1.29 is 14.4 Å². The molecular formula is C20H19ClNO3P. The lowest BCUT2D eigenvalue weighted by Crippen LogP contribution is -2.27. The first-order chi connectivity index (χ1) is 12.4. The van der Waals surface area contributed by atoms with Crippen molar-refractivity contribution in [1.82, 2.24) is 5.32 Å². The molecule has 0 fully saturated rings. The molecule has 0 aromatic heterocycles. The summed E-state index contributed by atoms with van der Waals surface area (Å²) in [6.45, 7) is 0. The second-order valence-electron chi connectivity index (χ2n) is 5.96. The van der Waals surface area contributed by atoms with Crippen LogP contribution in [0.2, 0.25) is 5.02 Å². The van der Waals surface area contributed by atoms with E-state index in [1.165, 1.54) is 0 Å². The Morgan fingerprint density at radius 2 is 1.19 bits per heavy atom. The Morgan fingerprint density at radius 1 is 0.731 bits per heavy atom. The highest BCUT2D eigenvalue weighted by Gasteiger charge is 2.33. The van der Waals surface area contributed by atoms with E-state index in [1.807, 2.05) is 60.7 Å². The fourth-order valence-corrected chi connectivity index (χ4v) is 3.90. The summed E-state index contributed by atoms with van der Waals surface area (Å²) in [6.07, 6.45) is 0. The average molecular weight is 388 g/mol. The molecule has 3 rings (SSSR count). The fourth-order valence-electron chi connectivity index (χ4n) is 2.87. The molecule has 0 aliphatic rings. The molecule has 0 amide bonds. The van der Waals surface area contributed by atoms with Gasteiger partial charge in [-0.2, -0.15) is 0 Å². The quantitative estimate of drug-likeness (QED) is 0.526. The summed E-state index contributed by atoms with van der Waals surface area (Å²) in [4.78, 5) is 19.9. The molecule has 3 aromatic carbocycles. The molecule has 0 radical (unpaired) electrons. The van der Waals surface area contributed by atoms with Crippen LogP contribution in [-0.2, 0) is 4.57 Å². The van der Waals surface area contributed by atoms with Gasteiger partial charge in [-0.3, -0.25) is 9.88 Å². The summed E-state index contributed by atoms with van der Waals surface area (Å²) < 4.78 is 12.2. The molecule has 0 saturated heterocycles. The summed E-state index contributed by atoms with van der Waals surface area (Å²) in [5, 5.41) is 3.67. The SMILES string of the molecule is O=P(O)(O)[C@@H](NC(c1ccccc1)c1ccccc1)c1ccc(Cl)cc1. The van der Waals surface area contributed by atoms with Crippen LogP contribution in [0.25, 0.3) is 0 Å². The van der Waals surface area contributed by atoms with Gasteiger partial charge in [-0.05, 0) is 28.8 Å². The Bertz CT molecular complexity index is 842. The number of hydrogen-bond donors (Lipinski definition) is 3. The lowest BCUT2D eigenvalue weighted by atomic mass is 9.98. The molecule has 0 aliphatic carbocycles. The second-order valence-corrected chi connectivity index (χ2v) is 8.10. The van der Waals surface area contributed by atoms with E-state index < -0.39 is 13.4 Å². The molecule has 0 aliphatic heterocycles. The van der Waals surface area contributed by atoms with Crippen LogP contribution in [-0.4, -0.2) is 9.79 Å². The molecule has 1 atom stereocenters. The summed E-state index contributed by atoms with van der Waals surface area (Å²) in [5.74, 6) is -1.15. The minimum Gasteiger partial charge on any atom is -0.323 e. The largest absolute Gasteiger partial charge is 0.346 e. The van der Waals surface area contributed by atoms with Crippen molar-refractivity contribution >= 4 is 19.2 Å². The topological polar surface area (TPSA) is 69.6 Å². The maximum atomic E-state index is 12.2. The first-order valence-electron chi connectivity index (χ1n) is 8.12. The van der Waals surface area contributed by atoms with E-state index in [0.29, 0.717) is 10.6 Å². The smallest absolute Gasteiger partial charge is 0.323 e. The van der Waals surface area contributed by atoms with Crippen LogP contribution in [0.4, 0.5) is 0 Å². The minimum absolute atomic E-state index is 0.370. The van der Waals surface area contributed by atoms with Crippen molar-refractivity contribution in [1.29, 1.82) is 0 Å². The van der Waals surface area contributed by atoms with Gasteiger partial charge in [-0.1, -0.05) is 84.4 Å². The highest BCUT2D eigenvalue weighted by Crippen LogP contribution is 2.51. The molecule has 0 bridgehead atoms. The van der Waals surface area contributed by atoms with Gasteiger partial charge in [0.1, 0.15) is 5.78 Å². The predicted molar refractivity (Wildman–Crippen MR) is 104 cm³/mol. The van der Waals surface area contributed by atoms with Crippen LogP contribution in [0.15, 0.2) is 84.9 Å². The number of benzene rings is 3. The average Bonchev–Trinajstić information content (AvgIpc) is 2.64. The molecule has 0 unspecified atom stereocenters.